The maximum Gasteiger partial charge on any atom is 0.0707 e. The van der Waals surface area contributed by atoms with Crippen LogP contribution in [-0.2, 0) is 4.74 Å². The van der Waals surface area contributed by atoms with Gasteiger partial charge in [-0.2, -0.15) is 0 Å². The van der Waals surface area contributed by atoms with Crippen LogP contribution < -0.4 is 3.53 Å². The molecule has 0 spiro atoms. The van der Waals surface area contributed by atoms with Crippen molar-refractivity contribution >= 4 is 22.9 Å². The topological polar surface area (TPSA) is 21.3 Å². The van der Waals surface area contributed by atoms with E-state index in [2.05, 4.69) is 26.4 Å². The van der Waals surface area contributed by atoms with Gasteiger partial charge in [0.1, 0.15) is 0 Å². The lowest BCUT2D eigenvalue weighted by Crippen LogP contribution is -2.27. The second kappa shape index (κ2) is 4.46. The van der Waals surface area contributed by atoms with Gasteiger partial charge in [0.2, 0.25) is 0 Å². The Morgan fingerprint density at radius 2 is 2.44 bits per heavy atom. The molecule has 0 aromatic rings. The Morgan fingerprint density at radius 3 is 3.00 bits per heavy atom. The zero-order valence-electron chi connectivity index (χ0n) is 5.40. The van der Waals surface area contributed by atoms with Crippen molar-refractivity contribution in [2.75, 3.05) is 13.2 Å². The van der Waals surface area contributed by atoms with Gasteiger partial charge in [0.05, 0.1) is 6.10 Å². The van der Waals surface area contributed by atoms with Crippen molar-refractivity contribution in [2.24, 2.45) is 0 Å². The molecular formula is C6H12INO. The van der Waals surface area contributed by atoms with E-state index in [4.69, 9.17) is 4.74 Å². The van der Waals surface area contributed by atoms with Crippen molar-refractivity contribution in [3.63, 3.8) is 0 Å². The predicted molar refractivity (Wildman–Crippen MR) is 45.6 cm³/mol. The van der Waals surface area contributed by atoms with E-state index in [0.717, 1.165) is 13.2 Å². The quantitative estimate of drug-likeness (QED) is 0.584. The van der Waals surface area contributed by atoms with E-state index in [-0.39, 0.29) is 0 Å². The molecule has 3 heteroatoms. The average Bonchev–Trinajstić information content (AvgIpc) is 1.91. The van der Waals surface area contributed by atoms with Crippen LogP contribution in [0.15, 0.2) is 0 Å². The summed E-state index contributed by atoms with van der Waals surface area (Å²) in [7, 11) is 0. The smallest absolute Gasteiger partial charge is 0.0707 e. The van der Waals surface area contributed by atoms with Gasteiger partial charge in [-0.25, -0.2) is 0 Å². The third-order valence-corrected chi connectivity index (χ3v) is 2.02. The largest absolute Gasteiger partial charge is 0.377 e. The fourth-order valence-corrected chi connectivity index (χ4v) is 1.55. The first-order chi connectivity index (χ1) is 4.43. The Labute approximate surface area is 69.8 Å². The molecule has 1 rings (SSSR count). The maximum atomic E-state index is 5.45. The summed E-state index contributed by atoms with van der Waals surface area (Å²) < 4.78 is 8.53. The number of ether oxygens (including phenoxy) is 1. The highest BCUT2D eigenvalue weighted by Crippen LogP contribution is 2.11. The third kappa shape index (κ3) is 2.82. The Balaban J connectivity index is 2.08. The Kier molecular flexibility index (Phi) is 3.85. The monoisotopic (exact) mass is 241 g/mol. The van der Waals surface area contributed by atoms with E-state index in [1.165, 1.54) is 19.3 Å². The molecule has 0 aromatic heterocycles. The molecule has 0 bridgehead atoms. The summed E-state index contributed by atoms with van der Waals surface area (Å²) in [6.07, 6.45) is 4.30. The lowest BCUT2D eigenvalue weighted by atomic mass is 10.1. The molecule has 0 amide bonds. The van der Waals surface area contributed by atoms with Crippen LogP contribution in [0.4, 0.5) is 0 Å². The van der Waals surface area contributed by atoms with Crippen molar-refractivity contribution in [1.82, 2.24) is 3.53 Å². The number of nitrogens with one attached hydrogen (secondary N) is 1. The molecule has 0 saturated carbocycles. The molecule has 0 radical (unpaired) electrons. The summed E-state index contributed by atoms with van der Waals surface area (Å²) >= 11 is 2.16. The fraction of sp³-hybridized carbons (Fsp3) is 1.00. The van der Waals surface area contributed by atoms with Gasteiger partial charge in [-0.15, -0.1) is 0 Å². The zero-order chi connectivity index (χ0) is 6.53. The van der Waals surface area contributed by atoms with E-state index in [9.17, 15) is 0 Å². The molecule has 1 N–H and O–H groups in total. The zero-order valence-corrected chi connectivity index (χ0v) is 7.56. The van der Waals surface area contributed by atoms with E-state index < -0.39 is 0 Å². The molecule has 1 unspecified atom stereocenters. The van der Waals surface area contributed by atoms with Crippen molar-refractivity contribution in [3.05, 3.63) is 0 Å². The molecule has 1 atom stereocenters. The molecule has 9 heavy (non-hydrogen) atoms. The lowest BCUT2D eigenvalue weighted by molar-refractivity contribution is 0.0210. The van der Waals surface area contributed by atoms with Crippen LogP contribution in [0.25, 0.3) is 0 Å². The van der Waals surface area contributed by atoms with Crippen molar-refractivity contribution < 1.29 is 4.74 Å². The van der Waals surface area contributed by atoms with Gasteiger partial charge in [0, 0.05) is 36.0 Å². The van der Waals surface area contributed by atoms with Crippen LogP contribution >= 0.6 is 22.9 Å². The fourth-order valence-electron chi connectivity index (χ4n) is 1.05. The molecule has 2 nitrogen and oxygen atoms in total. The summed E-state index contributed by atoms with van der Waals surface area (Å²) in [6.45, 7) is 1.96. The minimum Gasteiger partial charge on any atom is -0.377 e. The number of halogens is 1. The summed E-state index contributed by atoms with van der Waals surface area (Å²) in [5.41, 5.74) is 0. The molecule has 1 aliphatic heterocycles. The minimum absolute atomic E-state index is 0.482. The maximum absolute atomic E-state index is 5.45. The lowest BCUT2D eigenvalue weighted by Gasteiger charge is -2.21. The standard InChI is InChI=1S/C6H12INO/c7-8-5-6-3-1-2-4-9-6/h6,8H,1-5H2. The number of hydrogen-bond acceptors (Lipinski definition) is 2. The molecule has 1 saturated heterocycles. The van der Waals surface area contributed by atoms with Crippen molar-refractivity contribution in [2.45, 2.75) is 25.4 Å². The van der Waals surface area contributed by atoms with Gasteiger partial charge in [0.25, 0.3) is 0 Å². The first-order valence-corrected chi connectivity index (χ1v) is 4.46. The number of hydrogen-bond donors (Lipinski definition) is 1. The van der Waals surface area contributed by atoms with E-state index in [1.807, 2.05) is 0 Å². The minimum atomic E-state index is 0.482. The Morgan fingerprint density at radius 1 is 1.56 bits per heavy atom. The van der Waals surface area contributed by atoms with Crippen LogP contribution in [-0.4, -0.2) is 19.3 Å². The SMILES string of the molecule is INCC1CCCCO1. The Bertz CT molecular complexity index is 70.7. The first-order valence-electron chi connectivity index (χ1n) is 3.38. The molecule has 1 aliphatic rings. The number of rotatable bonds is 2. The average molecular weight is 241 g/mol. The van der Waals surface area contributed by atoms with Gasteiger partial charge in [-0.3, -0.25) is 3.53 Å². The molecule has 1 fully saturated rings. The molecule has 54 valence electrons. The van der Waals surface area contributed by atoms with Gasteiger partial charge in [0.15, 0.2) is 0 Å². The van der Waals surface area contributed by atoms with Gasteiger partial charge < -0.3 is 4.74 Å². The van der Waals surface area contributed by atoms with Crippen molar-refractivity contribution in [3.8, 4) is 0 Å². The van der Waals surface area contributed by atoms with Crippen LogP contribution in [0, 0.1) is 0 Å². The van der Waals surface area contributed by atoms with Crippen LogP contribution in [0.1, 0.15) is 19.3 Å². The van der Waals surface area contributed by atoms with Gasteiger partial charge in [-0.05, 0) is 19.3 Å². The molecular weight excluding hydrogens is 229 g/mol. The Hall–Kier alpha value is 0.650. The van der Waals surface area contributed by atoms with E-state index in [1.54, 1.807) is 0 Å². The second-order valence-corrected chi connectivity index (χ2v) is 3.09. The van der Waals surface area contributed by atoms with E-state index >= 15 is 0 Å². The molecule has 1 heterocycles. The van der Waals surface area contributed by atoms with Gasteiger partial charge >= 0.3 is 0 Å². The third-order valence-electron chi connectivity index (χ3n) is 1.58. The highest BCUT2D eigenvalue weighted by atomic mass is 127. The summed E-state index contributed by atoms with van der Waals surface area (Å²) in [6, 6.07) is 0. The highest BCUT2D eigenvalue weighted by molar-refractivity contribution is 14.1. The highest BCUT2D eigenvalue weighted by Gasteiger charge is 2.11. The van der Waals surface area contributed by atoms with Crippen LogP contribution in [0.5, 0.6) is 0 Å². The second-order valence-electron chi connectivity index (χ2n) is 2.33. The van der Waals surface area contributed by atoms with Gasteiger partial charge in [-0.1, -0.05) is 0 Å². The summed E-state index contributed by atoms with van der Waals surface area (Å²) in [4.78, 5) is 0. The van der Waals surface area contributed by atoms with E-state index in [0.29, 0.717) is 6.10 Å². The van der Waals surface area contributed by atoms with Crippen molar-refractivity contribution in [1.29, 1.82) is 0 Å². The summed E-state index contributed by atoms with van der Waals surface area (Å²) in [5, 5.41) is 0. The molecule has 0 aliphatic carbocycles. The van der Waals surface area contributed by atoms with Crippen LogP contribution in [0.3, 0.4) is 0 Å². The first kappa shape index (κ1) is 7.75. The normalized spacial score (nSPS) is 28.3. The van der Waals surface area contributed by atoms with Crippen LogP contribution in [0.2, 0.25) is 0 Å². The molecule has 0 aromatic carbocycles. The predicted octanol–water partition coefficient (Wildman–Crippen LogP) is 1.50. The summed E-state index contributed by atoms with van der Waals surface area (Å²) in [5.74, 6) is 0.